The van der Waals surface area contributed by atoms with Crippen LogP contribution in [-0.4, -0.2) is 30.5 Å². The number of carbonyl (C=O) groups is 2. The average Bonchev–Trinajstić information content (AvgIpc) is 3.43. The van der Waals surface area contributed by atoms with Crippen molar-refractivity contribution in [2.45, 2.75) is 117 Å². The zero-order valence-electron chi connectivity index (χ0n) is 30.9. The van der Waals surface area contributed by atoms with Crippen molar-refractivity contribution >= 4 is 20.9 Å². The van der Waals surface area contributed by atoms with E-state index in [1.54, 1.807) is 19.2 Å². The van der Waals surface area contributed by atoms with Crippen LogP contribution in [0.3, 0.4) is 0 Å². The number of amides is 1. The van der Waals surface area contributed by atoms with Crippen molar-refractivity contribution in [1.82, 2.24) is 5.32 Å². The number of ether oxygens (including phenoxy) is 1. The zero-order chi connectivity index (χ0) is 35.6. The van der Waals surface area contributed by atoms with Gasteiger partial charge in [-0.05, 0) is 71.1 Å². The molecule has 4 nitrogen and oxygen atoms in total. The van der Waals surface area contributed by atoms with Crippen LogP contribution in [0.25, 0.3) is 11.1 Å². The number of carbonyl (C=O) groups excluding carboxylic acids is 2. The predicted octanol–water partition coefficient (Wildman–Crippen LogP) is 10.8. The third-order valence-corrected chi connectivity index (χ3v) is 9.86. The number of para-hydroxylation sites is 1. The van der Waals surface area contributed by atoms with Gasteiger partial charge in [-0.15, -0.1) is 9.24 Å². The van der Waals surface area contributed by atoms with Gasteiger partial charge in [-0.3, -0.25) is 9.59 Å². The minimum absolute atomic E-state index is 0.0308. The highest BCUT2D eigenvalue weighted by Crippen LogP contribution is 2.51. The number of fused-ring (bicyclic) bond motifs is 3. The third-order valence-electron chi connectivity index (χ3n) is 9.25. The van der Waals surface area contributed by atoms with Crippen molar-refractivity contribution in [3.63, 3.8) is 0 Å². The topological polar surface area (TPSA) is 55.4 Å². The van der Waals surface area contributed by atoms with Crippen molar-refractivity contribution in [2.75, 3.05) is 13.7 Å². The number of rotatable bonds is 15. The maximum absolute atomic E-state index is 14.2. The molecule has 4 rings (SSSR count). The molecule has 0 saturated heterocycles. The van der Waals surface area contributed by atoms with Crippen LogP contribution in [0.4, 0.5) is 0 Å². The van der Waals surface area contributed by atoms with Gasteiger partial charge in [-0.2, -0.15) is 0 Å². The minimum atomic E-state index is -0.668. The van der Waals surface area contributed by atoms with Crippen LogP contribution in [0.1, 0.15) is 128 Å². The first kappa shape index (κ1) is 40.8. The van der Waals surface area contributed by atoms with E-state index in [1.165, 1.54) is 11.1 Å². The summed E-state index contributed by atoms with van der Waals surface area (Å²) >= 11 is 0. The van der Waals surface area contributed by atoms with E-state index in [-0.39, 0.29) is 22.8 Å². The van der Waals surface area contributed by atoms with Crippen LogP contribution in [-0.2, 0) is 10.2 Å². The Balaban J connectivity index is 0.00000193. The molecule has 1 N–H and O–H groups in total. The smallest absolute Gasteiger partial charge is 0.239 e. The van der Waals surface area contributed by atoms with Crippen LogP contribution in [0.5, 0.6) is 5.75 Å². The predicted molar refractivity (Wildman–Crippen MR) is 208 cm³/mol. The van der Waals surface area contributed by atoms with Gasteiger partial charge in [-0.1, -0.05) is 147 Å². The summed E-state index contributed by atoms with van der Waals surface area (Å²) in [5.41, 5.74) is 4.47. The van der Waals surface area contributed by atoms with Crippen LogP contribution < -0.4 is 10.1 Å². The molecule has 0 aromatic heterocycles. The number of ketones is 1. The third kappa shape index (κ3) is 10.3. The molecule has 5 heteroatoms. The van der Waals surface area contributed by atoms with Crippen molar-refractivity contribution < 1.29 is 14.3 Å². The van der Waals surface area contributed by atoms with E-state index >= 15 is 0 Å². The van der Waals surface area contributed by atoms with Gasteiger partial charge in [0.2, 0.25) is 11.7 Å². The second-order valence-corrected chi connectivity index (χ2v) is 13.8. The number of benzene rings is 3. The molecular weight excluding hydrogens is 609 g/mol. The van der Waals surface area contributed by atoms with Gasteiger partial charge >= 0.3 is 0 Å². The lowest BCUT2D eigenvalue weighted by Crippen LogP contribution is -2.47. The van der Waals surface area contributed by atoms with Crippen molar-refractivity contribution in [1.29, 1.82) is 0 Å². The van der Waals surface area contributed by atoms with Gasteiger partial charge in [0, 0.05) is 12.5 Å². The molecule has 1 aliphatic rings. The second-order valence-electron chi connectivity index (χ2n) is 12.4. The molecule has 3 aromatic rings. The number of hydrogen-bond acceptors (Lipinski definition) is 3. The molecule has 48 heavy (non-hydrogen) atoms. The summed E-state index contributed by atoms with van der Waals surface area (Å²) < 4.78 is 5.32. The van der Waals surface area contributed by atoms with E-state index in [1.807, 2.05) is 39.8 Å². The fourth-order valence-electron chi connectivity index (χ4n) is 6.27. The first-order valence-electron chi connectivity index (χ1n) is 18.2. The van der Waals surface area contributed by atoms with Gasteiger partial charge < -0.3 is 10.1 Å². The lowest BCUT2D eigenvalue weighted by molar-refractivity contribution is -0.125. The van der Waals surface area contributed by atoms with Gasteiger partial charge in [0.15, 0.2) is 0 Å². The highest BCUT2D eigenvalue weighted by Gasteiger charge is 2.48. The van der Waals surface area contributed by atoms with Crippen molar-refractivity contribution in [2.24, 2.45) is 5.92 Å². The van der Waals surface area contributed by atoms with Gasteiger partial charge in [0.05, 0.1) is 12.7 Å². The van der Waals surface area contributed by atoms with E-state index in [4.69, 9.17) is 4.74 Å². The summed E-state index contributed by atoms with van der Waals surface area (Å²) in [4.78, 5) is 26.9. The average molecular weight is 670 g/mol. The van der Waals surface area contributed by atoms with E-state index in [0.717, 1.165) is 68.9 Å². The maximum Gasteiger partial charge on any atom is 0.239 e. The first-order valence-corrected chi connectivity index (χ1v) is 18.8. The molecule has 0 saturated carbocycles. The van der Waals surface area contributed by atoms with Crippen LogP contribution in [0, 0.1) is 17.8 Å². The Bertz CT molecular complexity index is 1450. The Labute approximate surface area is 294 Å². The van der Waals surface area contributed by atoms with Gasteiger partial charge in [0.1, 0.15) is 11.2 Å². The Morgan fingerprint density at radius 2 is 1.38 bits per heavy atom. The summed E-state index contributed by atoms with van der Waals surface area (Å²) in [5, 5.41) is 3.32. The van der Waals surface area contributed by atoms with Gasteiger partial charge in [-0.25, -0.2) is 0 Å². The maximum atomic E-state index is 14.2. The molecule has 0 heterocycles. The summed E-state index contributed by atoms with van der Waals surface area (Å²) in [6.07, 6.45) is 9.05. The van der Waals surface area contributed by atoms with E-state index in [0.29, 0.717) is 17.9 Å². The number of hydrogen-bond donors (Lipinski definition) is 1. The quantitative estimate of drug-likeness (QED) is 0.0576. The molecule has 0 bridgehead atoms. The fraction of sp³-hybridized carbons (Fsp3) is 0.488. The standard InChI is InChI=1S/C39H48NO3P.2C2H6/c1-5-29(25-26-35(41)32-21-13-16-24-36(32)43-4)18-10-8-7-9-17-27-39(37(42)40-28-38(3,44)6-2)33-22-14-11-19-30(33)31-20-12-15-23-34(31)39;2*1-2/h11-16,19-24,29H,5-10,17-18,27-28,44H2,1-4H3,(H,40,42);2*1-2H3. The second kappa shape index (κ2) is 20.8. The summed E-state index contributed by atoms with van der Waals surface area (Å²) in [6, 6.07) is 24.1. The largest absolute Gasteiger partial charge is 0.496 e. The normalized spacial score (nSPS) is 13.8. The SMILES string of the molecule is CC.CC.CCC(C#CC(=O)c1ccccc1OC)CCCCCCCC1(C(=O)NCC(C)(P)CC)c2ccccc2-c2ccccc21. The van der Waals surface area contributed by atoms with Crippen molar-refractivity contribution in [3.8, 4) is 28.7 Å². The molecule has 0 radical (unpaired) electrons. The number of Topliss-reactive ketones (excluding diaryl/α,β-unsaturated/α-hetero) is 1. The number of nitrogens with one attached hydrogen (secondary N) is 1. The molecule has 3 atom stereocenters. The van der Waals surface area contributed by atoms with Crippen molar-refractivity contribution in [3.05, 3.63) is 89.5 Å². The molecular formula is C43H60NO3P. The zero-order valence-corrected chi connectivity index (χ0v) is 32.0. The molecule has 0 spiro atoms. The number of unbranched alkanes of at least 4 members (excludes halogenated alkanes) is 4. The monoisotopic (exact) mass is 669 g/mol. The fourth-order valence-corrected chi connectivity index (χ4v) is 6.37. The molecule has 3 aromatic carbocycles. The molecule has 0 aliphatic heterocycles. The first-order chi connectivity index (χ1) is 23.3. The highest BCUT2D eigenvalue weighted by molar-refractivity contribution is 7.19. The summed E-state index contributed by atoms with van der Waals surface area (Å²) in [7, 11) is 4.48. The summed E-state index contributed by atoms with van der Waals surface area (Å²) in [6.45, 7) is 15.1. The van der Waals surface area contributed by atoms with Crippen LogP contribution in [0.15, 0.2) is 72.8 Å². The van der Waals surface area contributed by atoms with Gasteiger partial charge in [0.25, 0.3) is 0 Å². The van der Waals surface area contributed by atoms with Crippen LogP contribution >= 0.6 is 9.24 Å². The highest BCUT2D eigenvalue weighted by atomic mass is 31.0. The Hall–Kier alpha value is -3.41. The molecule has 3 unspecified atom stereocenters. The molecule has 1 amide bonds. The Morgan fingerprint density at radius 1 is 0.833 bits per heavy atom. The Morgan fingerprint density at radius 3 is 1.96 bits per heavy atom. The van der Waals surface area contributed by atoms with E-state index < -0.39 is 5.41 Å². The van der Waals surface area contributed by atoms with Crippen LogP contribution in [0.2, 0.25) is 0 Å². The van der Waals surface area contributed by atoms with E-state index in [2.05, 4.69) is 95.7 Å². The minimum Gasteiger partial charge on any atom is -0.496 e. The number of methoxy groups -OCH3 is 1. The lowest BCUT2D eigenvalue weighted by atomic mass is 9.73. The lowest BCUT2D eigenvalue weighted by Gasteiger charge is -2.33. The summed E-state index contributed by atoms with van der Waals surface area (Å²) in [5.74, 6) is 6.78. The Kier molecular flexibility index (Phi) is 17.7. The molecule has 0 fully saturated rings. The van der Waals surface area contributed by atoms with E-state index in [9.17, 15) is 9.59 Å². The molecule has 260 valence electrons. The molecule has 1 aliphatic carbocycles.